The predicted octanol–water partition coefficient (Wildman–Crippen LogP) is 3.81. The molecule has 0 spiro atoms. The van der Waals surface area contributed by atoms with Gasteiger partial charge in [-0.15, -0.1) is 0 Å². The van der Waals surface area contributed by atoms with Crippen LogP contribution in [0, 0.1) is 18.7 Å². The Balaban J connectivity index is 1.40. The van der Waals surface area contributed by atoms with E-state index in [0.717, 1.165) is 43.5 Å². The number of carbonyl (C=O) groups excluding carboxylic acids is 2. The SMILES string of the molecule is Cc1ccc(C(=O)N2CCC(CCNC(=O)c3ccc(F)cc3)CC2)cc1. The molecule has 5 heteroatoms. The first-order chi connectivity index (χ1) is 13.0. The molecule has 0 atom stereocenters. The summed E-state index contributed by atoms with van der Waals surface area (Å²) in [5.74, 6) is 0.0686. The highest BCUT2D eigenvalue weighted by molar-refractivity contribution is 5.94. The lowest BCUT2D eigenvalue weighted by molar-refractivity contribution is 0.0687. The minimum absolute atomic E-state index is 0.0954. The molecule has 0 unspecified atom stereocenters. The van der Waals surface area contributed by atoms with E-state index in [2.05, 4.69) is 5.32 Å². The number of nitrogens with one attached hydrogen (secondary N) is 1. The molecule has 2 amide bonds. The molecule has 1 fully saturated rings. The molecule has 0 aromatic heterocycles. The third-order valence-electron chi connectivity index (χ3n) is 5.14. The van der Waals surface area contributed by atoms with Crippen LogP contribution in [-0.4, -0.2) is 36.3 Å². The van der Waals surface area contributed by atoms with E-state index in [9.17, 15) is 14.0 Å². The van der Waals surface area contributed by atoms with Crippen LogP contribution in [0.15, 0.2) is 48.5 Å². The molecule has 0 aliphatic carbocycles. The summed E-state index contributed by atoms with van der Waals surface area (Å²) < 4.78 is 12.9. The number of rotatable bonds is 5. The number of likely N-dealkylation sites (tertiary alicyclic amines) is 1. The van der Waals surface area contributed by atoms with Crippen molar-refractivity contribution in [2.45, 2.75) is 26.2 Å². The maximum Gasteiger partial charge on any atom is 0.253 e. The Morgan fingerprint density at radius 2 is 1.59 bits per heavy atom. The van der Waals surface area contributed by atoms with Crippen LogP contribution < -0.4 is 5.32 Å². The molecule has 1 saturated heterocycles. The molecular weight excluding hydrogens is 343 g/mol. The Bertz CT molecular complexity index is 776. The van der Waals surface area contributed by atoms with Gasteiger partial charge < -0.3 is 10.2 Å². The van der Waals surface area contributed by atoms with Crippen LogP contribution in [0.1, 0.15) is 45.5 Å². The van der Waals surface area contributed by atoms with E-state index >= 15 is 0 Å². The molecule has 1 N–H and O–H groups in total. The van der Waals surface area contributed by atoms with Gasteiger partial charge in [0, 0.05) is 30.8 Å². The van der Waals surface area contributed by atoms with E-state index < -0.39 is 0 Å². The largest absolute Gasteiger partial charge is 0.352 e. The monoisotopic (exact) mass is 368 g/mol. The van der Waals surface area contributed by atoms with Crippen molar-refractivity contribution in [2.75, 3.05) is 19.6 Å². The Hall–Kier alpha value is -2.69. The van der Waals surface area contributed by atoms with Gasteiger partial charge in [0.05, 0.1) is 0 Å². The lowest BCUT2D eigenvalue weighted by atomic mass is 9.93. The fraction of sp³-hybridized carbons (Fsp3) is 0.364. The number of aryl methyl sites for hydroxylation is 1. The molecule has 4 nitrogen and oxygen atoms in total. The predicted molar refractivity (Wildman–Crippen MR) is 103 cm³/mol. The Kier molecular flexibility index (Phi) is 6.22. The summed E-state index contributed by atoms with van der Waals surface area (Å²) >= 11 is 0. The molecule has 2 aromatic rings. The molecule has 0 radical (unpaired) electrons. The van der Waals surface area contributed by atoms with Gasteiger partial charge in [0.1, 0.15) is 5.82 Å². The number of nitrogens with zero attached hydrogens (tertiary/aromatic N) is 1. The summed E-state index contributed by atoms with van der Waals surface area (Å²) in [7, 11) is 0. The Morgan fingerprint density at radius 3 is 2.22 bits per heavy atom. The van der Waals surface area contributed by atoms with E-state index in [1.807, 2.05) is 36.1 Å². The van der Waals surface area contributed by atoms with Gasteiger partial charge in [-0.05, 0) is 68.5 Å². The van der Waals surface area contributed by atoms with E-state index in [0.29, 0.717) is 18.0 Å². The summed E-state index contributed by atoms with van der Waals surface area (Å²) in [6.07, 6.45) is 2.79. The number of hydrogen-bond acceptors (Lipinski definition) is 2. The molecule has 1 aliphatic rings. The summed E-state index contributed by atoms with van der Waals surface area (Å²) in [5.41, 5.74) is 2.36. The quantitative estimate of drug-likeness (QED) is 0.873. The summed E-state index contributed by atoms with van der Waals surface area (Å²) in [6, 6.07) is 13.2. The van der Waals surface area contributed by atoms with Crippen molar-refractivity contribution in [3.8, 4) is 0 Å². The van der Waals surface area contributed by atoms with E-state index in [-0.39, 0.29) is 17.6 Å². The average Bonchev–Trinajstić information content (AvgIpc) is 2.69. The smallest absolute Gasteiger partial charge is 0.253 e. The van der Waals surface area contributed by atoms with E-state index in [4.69, 9.17) is 0 Å². The third kappa shape index (κ3) is 5.16. The van der Waals surface area contributed by atoms with E-state index in [1.165, 1.54) is 24.3 Å². The van der Waals surface area contributed by atoms with Gasteiger partial charge in [0.25, 0.3) is 11.8 Å². The van der Waals surface area contributed by atoms with Gasteiger partial charge >= 0.3 is 0 Å². The molecule has 1 aliphatic heterocycles. The molecule has 0 saturated carbocycles. The van der Waals surface area contributed by atoms with Crippen molar-refractivity contribution >= 4 is 11.8 Å². The molecule has 0 bridgehead atoms. The van der Waals surface area contributed by atoms with Crippen molar-refractivity contribution in [3.05, 3.63) is 71.0 Å². The summed E-state index contributed by atoms with van der Waals surface area (Å²) in [5, 5.41) is 2.89. The van der Waals surface area contributed by atoms with Crippen LogP contribution >= 0.6 is 0 Å². The van der Waals surface area contributed by atoms with E-state index in [1.54, 1.807) is 0 Å². The fourth-order valence-corrected chi connectivity index (χ4v) is 3.40. The fourth-order valence-electron chi connectivity index (χ4n) is 3.40. The second-order valence-electron chi connectivity index (χ2n) is 7.15. The first-order valence-corrected chi connectivity index (χ1v) is 9.42. The van der Waals surface area contributed by atoms with Crippen molar-refractivity contribution < 1.29 is 14.0 Å². The van der Waals surface area contributed by atoms with Gasteiger partial charge in [-0.25, -0.2) is 4.39 Å². The topological polar surface area (TPSA) is 49.4 Å². The molecule has 142 valence electrons. The van der Waals surface area contributed by atoms with Gasteiger partial charge in [0.2, 0.25) is 0 Å². The van der Waals surface area contributed by atoms with Crippen LogP contribution in [0.3, 0.4) is 0 Å². The highest BCUT2D eigenvalue weighted by Crippen LogP contribution is 2.21. The van der Waals surface area contributed by atoms with Crippen molar-refractivity contribution in [3.63, 3.8) is 0 Å². The number of piperidine rings is 1. The van der Waals surface area contributed by atoms with Gasteiger partial charge in [0.15, 0.2) is 0 Å². The van der Waals surface area contributed by atoms with Crippen molar-refractivity contribution in [1.82, 2.24) is 10.2 Å². The average molecular weight is 368 g/mol. The lowest BCUT2D eigenvalue weighted by Crippen LogP contribution is -2.39. The summed E-state index contributed by atoms with van der Waals surface area (Å²) in [6.45, 7) is 4.11. The third-order valence-corrected chi connectivity index (χ3v) is 5.14. The normalized spacial score (nSPS) is 14.8. The van der Waals surface area contributed by atoms with Gasteiger partial charge in [-0.1, -0.05) is 17.7 Å². The maximum atomic E-state index is 12.9. The highest BCUT2D eigenvalue weighted by Gasteiger charge is 2.23. The molecule has 1 heterocycles. The zero-order valence-corrected chi connectivity index (χ0v) is 15.6. The maximum absolute atomic E-state index is 12.9. The Labute approximate surface area is 159 Å². The number of amides is 2. The lowest BCUT2D eigenvalue weighted by Gasteiger charge is -2.32. The van der Waals surface area contributed by atoms with Crippen LogP contribution in [-0.2, 0) is 0 Å². The molecule has 2 aromatic carbocycles. The number of benzene rings is 2. The first-order valence-electron chi connectivity index (χ1n) is 9.42. The second kappa shape index (κ2) is 8.80. The summed E-state index contributed by atoms with van der Waals surface area (Å²) in [4.78, 5) is 26.5. The van der Waals surface area contributed by atoms with Crippen LogP contribution in [0.4, 0.5) is 4.39 Å². The van der Waals surface area contributed by atoms with Crippen LogP contribution in [0.5, 0.6) is 0 Å². The number of carbonyl (C=O) groups is 2. The van der Waals surface area contributed by atoms with Gasteiger partial charge in [-0.3, -0.25) is 9.59 Å². The van der Waals surface area contributed by atoms with Crippen molar-refractivity contribution in [2.24, 2.45) is 5.92 Å². The minimum Gasteiger partial charge on any atom is -0.352 e. The highest BCUT2D eigenvalue weighted by atomic mass is 19.1. The number of hydrogen-bond donors (Lipinski definition) is 1. The molecule has 3 rings (SSSR count). The zero-order chi connectivity index (χ0) is 19.2. The van der Waals surface area contributed by atoms with Gasteiger partial charge in [-0.2, -0.15) is 0 Å². The molecular formula is C22H25FN2O2. The Morgan fingerprint density at radius 1 is 1.00 bits per heavy atom. The van der Waals surface area contributed by atoms with Crippen LogP contribution in [0.2, 0.25) is 0 Å². The van der Waals surface area contributed by atoms with Crippen molar-refractivity contribution in [1.29, 1.82) is 0 Å². The van der Waals surface area contributed by atoms with Crippen LogP contribution in [0.25, 0.3) is 0 Å². The standard InChI is InChI=1S/C22H25FN2O2/c1-16-2-4-19(5-3-16)22(27)25-14-11-17(12-15-25)10-13-24-21(26)18-6-8-20(23)9-7-18/h2-9,17H,10-15H2,1H3,(H,24,26). The number of halogens is 1. The minimum atomic E-state index is -0.349. The first kappa shape index (κ1) is 19.1. The molecule has 27 heavy (non-hydrogen) atoms. The second-order valence-corrected chi connectivity index (χ2v) is 7.15. The zero-order valence-electron chi connectivity index (χ0n) is 15.6.